The molecule has 4 aliphatic rings. The van der Waals surface area contributed by atoms with Gasteiger partial charge in [-0.15, -0.1) is 0 Å². The largest absolute Gasteiger partial charge is 0.497 e. The van der Waals surface area contributed by atoms with Crippen LogP contribution < -0.4 is 10.1 Å². The summed E-state index contributed by atoms with van der Waals surface area (Å²) in [5, 5.41) is 5.40. The van der Waals surface area contributed by atoms with E-state index in [1.165, 1.54) is 10.5 Å². The zero-order valence-corrected chi connectivity index (χ0v) is 22.9. The number of rotatable bonds is 4. The molecule has 5 nitrogen and oxygen atoms in total. The highest BCUT2D eigenvalue weighted by Crippen LogP contribution is 2.64. The molecule has 200 valence electrons. The Morgan fingerprint density at radius 1 is 0.950 bits per heavy atom. The summed E-state index contributed by atoms with van der Waals surface area (Å²) in [6, 6.07) is 29.8. The van der Waals surface area contributed by atoms with E-state index in [0.29, 0.717) is 0 Å². The molecule has 1 fully saturated rings. The Morgan fingerprint density at radius 3 is 2.48 bits per heavy atom. The van der Waals surface area contributed by atoms with Crippen LogP contribution in [0.25, 0.3) is 10.8 Å². The van der Waals surface area contributed by atoms with E-state index in [1.54, 1.807) is 7.11 Å². The summed E-state index contributed by atoms with van der Waals surface area (Å²) in [4.78, 5) is 29.9. The molecule has 3 aliphatic carbocycles. The van der Waals surface area contributed by atoms with Gasteiger partial charge in [-0.1, -0.05) is 91.0 Å². The first-order valence-electron chi connectivity index (χ1n) is 14.0. The van der Waals surface area contributed by atoms with Gasteiger partial charge in [-0.2, -0.15) is 0 Å². The van der Waals surface area contributed by atoms with Crippen molar-refractivity contribution >= 4 is 22.7 Å². The highest BCUT2D eigenvalue weighted by molar-refractivity contribution is 6.01. The van der Waals surface area contributed by atoms with Crippen molar-refractivity contribution in [3.8, 4) is 5.75 Å². The van der Waals surface area contributed by atoms with Crippen molar-refractivity contribution < 1.29 is 14.3 Å². The molecule has 0 saturated carbocycles. The van der Waals surface area contributed by atoms with E-state index in [9.17, 15) is 9.59 Å². The third-order valence-electron chi connectivity index (χ3n) is 9.56. The molecule has 3 amide bonds. The van der Waals surface area contributed by atoms with Crippen molar-refractivity contribution in [3.05, 3.63) is 125 Å². The molecule has 1 aliphatic heterocycles. The van der Waals surface area contributed by atoms with Crippen molar-refractivity contribution in [2.45, 2.75) is 43.2 Å². The highest BCUT2D eigenvalue weighted by Gasteiger charge is 2.66. The number of carbonyl (C=O) groups is 2. The number of nitrogens with one attached hydrogen (secondary N) is 1. The molecule has 1 heterocycles. The number of carbonyl (C=O) groups excluding carboxylic acids is 2. The molecule has 0 unspecified atom stereocenters. The van der Waals surface area contributed by atoms with Gasteiger partial charge in [-0.05, 0) is 59.0 Å². The number of hydrogen-bond donors (Lipinski definition) is 1. The number of methoxy groups -OCH3 is 1. The van der Waals surface area contributed by atoms with Crippen molar-refractivity contribution in [1.29, 1.82) is 0 Å². The quantitative estimate of drug-likeness (QED) is 0.295. The molecule has 40 heavy (non-hydrogen) atoms. The van der Waals surface area contributed by atoms with E-state index < -0.39 is 5.41 Å². The number of imide groups is 1. The average Bonchev–Trinajstić information content (AvgIpc) is 3.23. The topological polar surface area (TPSA) is 58.6 Å². The number of allylic oxidation sites excluding steroid dienone is 1. The second-order valence-corrected chi connectivity index (χ2v) is 11.3. The lowest BCUT2D eigenvalue weighted by molar-refractivity contribution is -0.130. The van der Waals surface area contributed by atoms with Gasteiger partial charge in [0.25, 0.3) is 0 Å². The van der Waals surface area contributed by atoms with Gasteiger partial charge in [0.1, 0.15) is 5.75 Å². The van der Waals surface area contributed by atoms with Crippen LogP contribution in [0.15, 0.2) is 103 Å². The van der Waals surface area contributed by atoms with Gasteiger partial charge in [0, 0.05) is 17.3 Å². The summed E-state index contributed by atoms with van der Waals surface area (Å²) in [6.07, 6.45) is 4.48. The standard InChI is InChI=1S/C35H32N2O3/c1-21(26-13-8-10-23-9-4-5-11-27(23)26)36-34(39)37-22(2)35-20-19-29(28-12-6-7-14-30(28)35)31(32(35)33(37)38)24-15-17-25(40-3)18-16-24/h4-22,29,31-32H,1-3H3,(H,36,39)/t21-,22-,29+,31+,32+,35+/m0/s1. The zero-order chi connectivity index (χ0) is 27.6. The fourth-order valence-corrected chi connectivity index (χ4v) is 7.73. The maximum Gasteiger partial charge on any atom is 0.324 e. The van der Waals surface area contributed by atoms with Crippen LogP contribution in [0, 0.1) is 5.92 Å². The number of amides is 3. The summed E-state index contributed by atoms with van der Waals surface area (Å²) < 4.78 is 5.40. The SMILES string of the molecule is COc1ccc([C@@H]2[C@@H]3C=C[C@]4(c5ccccc53)[C@H](C)N(C(=O)N[C@@H](C)c3cccc5ccccc35)C(=O)[C@@H]24)cc1. The minimum Gasteiger partial charge on any atom is -0.497 e. The Morgan fingerprint density at radius 2 is 1.68 bits per heavy atom. The van der Waals surface area contributed by atoms with Gasteiger partial charge in [0.2, 0.25) is 5.91 Å². The first kappa shape index (κ1) is 24.6. The van der Waals surface area contributed by atoms with Gasteiger partial charge in [0.15, 0.2) is 0 Å². The molecular formula is C35H32N2O3. The number of likely N-dealkylation sites (tertiary alicyclic amines) is 1. The van der Waals surface area contributed by atoms with E-state index in [-0.39, 0.29) is 41.8 Å². The molecule has 0 aromatic heterocycles. The summed E-state index contributed by atoms with van der Waals surface area (Å²) in [5.74, 6) is 0.281. The van der Waals surface area contributed by atoms with Crippen molar-refractivity contribution in [2.75, 3.05) is 7.11 Å². The molecule has 1 spiro atoms. The molecule has 4 aromatic rings. The van der Waals surface area contributed by atoms with Gasteiger partial charge in [0.05, 0.1) is 25.1 Å². The lowest BCUT2D eigenvalue weighted by Crippen LogP contribution is -2.51. The van der Waals surface area contributed by atoms with E-state index in [0.717, 1.165) is 33.2 Å². The van der Waals surface area contributed by atoms with Gasteiger partial charge < -0.3 is 10.1 Å². The summed E-state index contributed by atoms with van der Waals surface area (Å²) in [7, 11) is 1.66. The second-order valence-electron chi connectivity index (χ2n) is 11.3. The number of urea groups is 1. The van der Waals surface area contributed by atoms with E-state index in [4.69, 9.17) is 4.74 Å². The average molecular weight is 529 g/mol. The number of ether oxygens (including phenoxy) is 1. The number of fused-ring (bicyclic) bond motifs is 1. The van der Waals surface area contributed by atoms with Crippen LogP contribution in [0.2, 0.25) is 0 Å². The Balaban J connectivity index is 1.28. The molecule has 8 rings (SSSR count). The fourth-order valence-electron chi connectivity index (χ4n) is 7.73. The maximum atomic E-state index is 14.4. The lowest BCUT2D eigenvalue weighted by atomic mass is 9.50. The number of nitrogens with zero attached hydrogens (tertiary/aromatic N) is 1. The monoisotopic (exact) mass is 528 g/mol. The third kappa shape index (κ3) is 3.33. The molecule has 1 N–H and O–H groups in total. The van der Waals surface area contributed by atoms with Crippen LogP contribution >= 0.6 is 0 Å². The Labute approximate surface area is 234 Å². The number of hydrogen-bond acceptors (Lipinski definition) is 3. The van der Waals surface area contributed by atoms with Crippen LogP contribution in [-0.2, 0) is 10.2 Å². The maximum absolute atomic E-state index is 14.4. The highest BCUT2D eigenvalue weighted by atomic mass is 16.5. The van der Waals surface area contributed by atoms with Crippen molar-refractivity contribution in [1.82, 2.24) is 10.2 Å². The number of benzene rings is 4. The summed E-state index contributed by atoms with van der Waals surface area (Å²) in [5.41, 5.74) is 3.94. The van der Waals surface area contributed by atoms with Crippen molar-refractivity contribution in [3.63, 3.8) is 0 Å². The van der Waals surface area contributed by atoms with E-state index >= 15 is 0 Å². The second kappa shape index (κ2) is 9.09. The molecule has 2 bridgehead atoms. The lowest BCUT2D eigenvalue weighted by Gasteiger charge is -2.51. The molecular weight excluding hydrogens is 496 g/mol. The third-order valence-corrected chi connectivity index (χ3v) is 9.56. The van der Waals surface area contributed by atoms with Gasteiger partial charge in [-0.25, -0.2) is 4.79 Å². The first-order chi connectivity index (χ1) is 19.5. The summed E-state index contributed by atoms with van der Waals surface area (Å²) >= 11 is 0. The van der Waals surface area contributed by atoms with Crippen LogP contribution in [0.4, 0.5) is 4.79 Å². The minimum atomic E-state index is -0.590. The van der Waals surface area contributed by atoms with E-state index in [2.05, 4.69) is 66.0 Å². The van der Waals surface area contributed by atoms with Crippen LogP contribution in [-0.4, -0.2) is 30.0 Å². The predicted molar refractivity (Wildman–Crippen MR) is 156 cm³/mol. The Bertz CT molecular complexity index is 1670. The Kier molecular flexibility index (Phi) is 5.60. The summed E-state index contributed by atoms with van der Waals surface area (Å²) in [6.45, 7) is 4.01. The predicted octanol–water partition coefficient (Wildman–Crippen LogP) is 6.85. The minimum absolute atomic E-state index is 0.0604. The van der Waals surface area contributed by atoms with Crippen molar-refractivity contribution in [2.24, 2.45) is 5.92 Å². The normalized spacial score (nSPS) is 26.9. The van der Waals surface area contributed by atoms with Crippen LogP contribution in [0.5, 0.6) is 5.75 Å². The van der Waals surface area contributed by atoms with Crippen LogP contribution in [0.3, 0.4) is 0 Å². The van der Waals surface area contributed by atoms with Gasteiger partial charge in [-0.3, -0.25) is 9.69 Å². The Hall–Kier alpha value is -4.38. The molecule has 6 atom stereocenters. The molecule has 4 aromatic carbocycles. The molecule has 0 radical (unpaired) electrons. The molecule has 5 heteroatoms. The smallest absolute Gasteiger partial charge is 0.324 e. The zero-order valence-electron chi connectivity index (χ0n) is 22.9. The van der Waals surface area contributed by atoms with Gasteiger partial charge >= 0.3 is 6.03 Å². The van der Waals surface area contributed by atoms with E-state index in [1.807, 2.05) is 56.3 Å². The molecule has 1 saturated heterocycles. The first-order valence-corrected chi connectivity index (χ1v) is 14.0. The van der Waals surface area contributed by atoms with Crippen LogP contribution in [0.1, 0.15) is 54.0 Å². The fraction of sp³-hybridized carbons (Fsp3) is 0.257.